The molecule has 0 saturated heterocycles. The van der Waals surface area contributed by atoms with Gasteiger partial charge in [0.2, 0.25) is 0 Å². The Morgan fingerprint density at radius 3 is 2.44 bits per heavy atom. The first-order valence-corrected chi connectivity index (χ1v) is 7.72. The fourth-order valence-corrected chi connectivity index (χ4v) is 2.30. The van der Waals surface area contributed by atoms with Crippen LogP contribution < -0.4 is 16.6 Å². The van der Waals surface area contributed by atoms with E-state index in [-0.39, 0.29) is 16.3 Å². The minimum Gasteiger partial charge on any atom is -0.480 e. The summed E-state index contributed by atoms with van der Waals surface area (Å²) in [6.45, 7) is 1.04. The van der Waals surface area contributed by atoms with Gasteiger partial charge in [-0.15, -0.1) is 0 Å². The first-order chi connectivity index (χ1) is 12.4. The highest BCUT2D eigenvalue weighted by atomic mass is 35.5. The third kappa shape index (κ3) is 4.40. The maximum Gasteiger partial charge on any atom is 0.417 e. The van der Waals surface area contributed by atoms with Crippen molar-refractivity contribution < 1.29 is 27.9 Å². The number of anilines is 2. The lowest BCUT2D eigenvalue weighted by molar-refractivity contribution is -0.142. The van der Waals surface area contributed by atoms with E-state index in [0.717, 1.165) is 6.92 Å². The highest BCUT2D eigenvalue weighted by Crippen LogP contribution is 2.30. The van der Waals surface area contributed by atoms with E-state index in [9.17, 15) is 27.6 Å². The van der Waals surface area contributed by atoms with E-state index in [4.69, 9.17) is 22.4 Å². The van der Waals surface area contributed by atoms with Gasteiger partial charge in [0.15, 0.2) is 0 Å². The molecule has 1 heterocycles. The van der Waals surface area contributed by atoms with Crippen molar-refractivity contribution in [2.75, 3.05) is 11.1 Å². The summed E-state index contributed by atoms with van der Waals surface area (Å²) in [4.78, 5) is 35.7. The summed E-state index contributed by atoms with van der Waals surface area (Å²) >= 11 is 5.79. The first-order valence-electron chi connectivity index (χ1n) is 7.34. The summed E-state index contributed by atoms with van der Waals surface area (Å²) in [6.07, 6.45) is -4.48. The molecule has 27 heavy (non-hydrogen) atoms. The number of halogens is 4. The number of pyridine rings is 1. The normalized spacial score (nSPS) is 12.5. The standard InChI is InChI=1S/C16H13ClF3N3O4/c1-7(15(26)27)23-6-9(16(18,19)20)5-12(14(23)25)22-13(24)8-2-3-11(21)10(17)4-8/h2-7H,21H2,1H3,(H,22,24)(H,26,27). The molecular weight excluding hydrogens is 391 g/mol. The second kappa shape index (κ2) is 7.31. The van der Waals surface area contributed by atoms with Gasteiger partial charge in [-0.2, -0.15) is 13.2 Å². The molecule has 2 aromatic rings. The maximum atomic E-state index is 13.1. The lowest BCUT2D eigenvalue weighted by Crippen LogP contribution is -2.32. The molecule has 0 aliphatic carbocycles. The number of benzene rings is 1. The van der Waals surface area contributed by atoms with Crippen molar-refractivity contribution in [3.63, 3.8) is 0 Å². The zero-order valence-electron chi connectivity index (χ0n) is 13.7. The molecule has 1 atom stereocenters. The van der Waals surface area contributed by atoms with Crippen LogP contribution in [-0.4, -0.2) is 21.6 Å². The summed E-state index contributed by atoms with van der Waals surface area (Å²) in [5, 5.41) is 11.1. The van der Waals surface area contributed by atoms with Crippen molar-refractivity contribution in [2.24, 2.45) is 0 Å². The summed E-state index contributed by atoms with van der Waals surface area (Å²) in [5.74, 6) is -2.43. The average Bonchev–Trinajstić information content (AvgIpc) is 2.57. The Morgan fingerprint density at radius 2 is 1.93 bits per heavy atom. The van der Waals surface area contributed by atoms with E-state index in [1.807, 2.05) is 0 Å². The molecule has 7 nitrogen and oxygen atoms in total. The molecule has 0 saturated carbocycles. The number of carbonyl (C=O) groups is 2. The van der Waals surface area contributed by atoms with Crippen LogP contribution in [0, 0.1) is 0 Å². The number of nitrogens with two attached hydrogens (primary N) is 1. The molecule has 0 bridgehead atoms. The Morgan fingerprint density at radius 1 is 1.30 bits per heavy atom. The molecule has 0 aliphatic rings. The number of carbonyl (C=O) groups excluding carboxylic acids is 1. The first kappa shape index (κ1) is 20.3. The fourth-order valence-electron chi connectivity index (χ4n) is 2.12. The van der Waals surface area contributed by atoms with Crippen molar-refractivity contribution in [1.82, 2.24) is 4.57 Å². The van der Waals surface area contributed by atoms with Gasteiger partial charge in [0.1, 0.15) is 11.7 Å². The second-order valence-corrected chi connectivity index (χ2v) is 5.96. The number of amides is 1. The molecule has 1 aromatic heterocycles. The molecule has 4 N–H and O–H groups in total. The topological polar surface area (TPSA) is 114 Å². The van der Waals surface area contributed by atoms with Crippen LogP contribution in [0.4, 0.5) is 24.5 Å². The number of nitrogens with zero attached hydrogens (tertiary/aromatic N) is 1. The van der Waals surface area contributed by atoms with E-state index in [2.05, 4.69) is 5.32 Å². The zero-order valence-corrected chi connectivity index (χ0v) is 14.4. The number of alkyl halides is 3. The van der Waals surface area contributed by atoms with Gasteiger partial charge in [-0.25, -0.2) is 4.79 Å². The van der Waals surface area contributed by atoms with Crippen molar-refractivity contribution >= 4 is 34.9 Å². The lowest BCUT2D eigenvalue weighted by atomic mass is 10.1. The minimum atomic E-state index is -4.86. The number of nitrogens with one attached hydrogen (secondary N) is 1. The average molecular weight is 404 g/mol. The third-order valence-corrected chi connectivity index (χ3v) is 3.98. The summed E-state index contributed by atoms with van der Waals surface area (Å²) < 4.78 is 39.7. The highest BCUT2D eigenvalue weighted by molar-refractivity contribution is 6.33. The largest absolute Gasteiger partial charge is 0.480 e. The van der Waals surface area contributed by atoms with Crippen molar-refractivity contribution in [3.8, 4) is 0 Å². The van der Waals surface area contributed by atoms with Crippen LogP contribution in [0.3, 0.4) is 0 Å². The van der Waals surface area contributed by atoms with E-state index < -0.39 is 40.9 Å². The van der Waals surface area contributed by atoms with Crippen LogP contribution in [-0.2, 0) is 11.0 Å². The molecule has 1 unspecified atom stereocenters. The van der Waals surface area contributed by atoms with Crippen molar-refractivity contribution in [2.45, 2.75) is 19.1 Å². The molecular formula is C16H13ClF3N3O4. The maximum absolute atomic E-state index is 13.1. The third-order valence-electron chi connectivity index (χ3n) is 3.66. The van der Waals surface area contributed by atoms with Crippen molar-refractivity contribution in [1.29, 1.82) is 0 Å². The monoisotopic (exact) mass is 403 g/mol. The summed E-state index contributed by atoms with van der Waals surface area (Å²) in [5.41, 5.74) is 2.53. The molecule has 11 heteroatoms. The van der Waals surface area contributed by atoms with Gasteiger partial charge < -0.3 is 16.2 Å². The predicted molar refractivity (Wildman–Crippen MR) is 91.9 cm³/mol. The molecule has 2 rings (SSSR count). The second-order valence-electron chi connectivity index (χ2n) is 5.56. The SMILES string of the molecule is CC(C(=O)O)n1cc(C(F)(F)F)cc(NC(=O)c2ccc(N)c(Cl)c2)c1=O. The predicted octanol–water partition coefficient (Wildman–Crippen LogP) is 3.00. The van der Waals surface area contributed by atoms with Crippen LogP contribution in [0.1, 0.15) is 28.9 Å². The Labute approximate surface area is 155 Å². The number of hydrogen-bond acceptors (Lipinski definition) is 4. The fraction of sp³-hybridized carbons (Fsp3) is 0.188. The van der Waals surface area contributed by atoms with Crippen LogP contribution in [0.2, 0.25) is 5.02 Å². The summed E-state index contributed by atoms with van der Waals surface area (Å²) in [6, 6.07) is 2.61. The van der Waals surface area contributed by atoms with E-state index in [1.54, 1.807) is 0 Å². The van der Waals surface area contributed by atoms with Gasteiger partial charge in [0.05, 0.1) is 16.3 Å². The number of nitrogen functional groups attached to an aromatic ring is 1. The smallest absolute Gasteiger partial charge is 0.417 e. The zero-order chi connectivity index (χ0) is 20.5. The number of aliphatic carboxylic acids is 1. The quantitative estimate of drug-likeness (QED) is 0.679. The molecule has 1 aromatic carbocycles. The van der Waals surface area contributed by atoms with Gasteiger partial charge in [-0.3, -0.25) is 14.2 Å². The Kier molecular flexibility index (Phi) is 5.50. The van der Waals surface area contributed by atoms with E-state index in [0.29, 0.717) is 16.8 Å². The van der Waals surface area contributed by atoms with Crippen LogP contribution in [0.25, 0.3) is 0 Å². The molecule has 0 spiro atoms. The number of aromatic nitrogens is 1. The van der Waals surface area contributed by atoms with E-state index in [1.165, 1.54) is 18.2 Å². The van der Waals surface area contributed by atoms with Gasteiger partial charge >= 0.3 is 12.1 Å². The summed E-state index contributed by atoms with van der Waals surface area (Å²) in [7, 11) is 0. The number of carboxylic acid groups (broad SMARTS) is 1. The minimum absolute atomic E-state index is 0.0450. The van der Waals surface area contributed by atoms with Gasteiger partial charge in [-0.05, 0) is 31.2 Å². The van der Waals surface area contributed by atoms with Crippen LogP contribution >= 0.6 is 11.6 Å². The van der Waals surface area contributed by atoms with Crippen molar-refractivity contribution in [3.05, 3.63) is 57.0 Å². The Hall–Kier alpha value is -3.01. The van der Waals surface area contributed by atoms with Gasteiger partial charge in [0, 0.05) is 11.8 Å². The molecule has 144 valence electrons. The lowest BCUT2D eigenvalue weighted by Gasteiger charge is -2.16. The van der Waals surface area contributed by atoms with Crippen LogP contribution in [0.5, 0.6) is 0 Å². The van der Waals surface area contributed by atoms with Gasteiger partial charge in [-0.1, -0.05) is 11.6 Å². The van der Waals surface area contributed by atoms with E-state index >= 15 is 0 Å². The highest BCUT2D eigenvalue weighted by Gasteiger charge is 2.33. The number of hydrogen-bond donors (Lipinski definition) is 3. The number of rotatable bonds is 4. The van der Waals surface area contributed by atoms with Gasteiger partial charge in [0.25, 0.3) is 11.5 Å². The molecule has 0 radical (unpaired) electrons. The molecule has 1 amide bonds. The Balaban J connectivity index is 2.53. The number of carboxylic acids is 1. The Bertz CT molecular complexity index is 972. The molecule has 0 fully saturated rings. The van der Waals surface area contributed by atoms with Crippen LogP contribution in [0.15, 0.2) is 35.3 Å². The molecule has 0 aliphatic heterocycles.